The molecule has 19 heavy (non-hydrogen) atoms. The molecular weight excluding hydrogens is 240 g/mol. The van der Waals surface area contributed by atoms with Crippen molar-refractivity contribution < 1.29 is 4.79 Å². The Bertz CT molecular complexity index is 467. The zero-order chi connectivity index (χ0) is 13.9. The fourth-order valence-electron chi connectivity index (χ4n) is 2.71. The van der Waals surface area contributed by atoms with Crippen LogP contribution in [0, 0.1) is 6.92 Å². The molecule has 0 atom stereocenters. The molecule has 3 N–H and O–H groups in total. The van der Waals surface area contributed by atoms with Crippen molar-refractivity contribution in [3.63, 3.8) is 0 Å². The van der Waals surface area contributed by atoms with Crippen LogP contribution in [0.4, 0.5) is 0 Å². The normalized spacial score (nSPS) is 17.4. The maximum atomic E-state index is 12.5. The number of hydrogen-bond acceptors (Lipinski definition) is 4. The van der Waals surface area contributed by atoms with Crippen LogP contribution in [0.1, 0.15) is 54.4 Å². The lowest BCUT2D eigenvalue weighted by atomic mass is 9.97. The number of carbonyl (C=O) groups is 1. The second-order valence-corrected chi connectivity index (χ2v) is 5.35. The molecule has 0 aromatic carbocycles. The summed E-state index contributed by atoms with van der Waals surface area (Å²) in [7, 11) is 0. The Morgan fingerprint density at radius 1 is 1.42 bits per heavy atom. The van der Waals surface area contributed by atoms with Crippen molar-refractivity contribution in [2.75, 3.05) is 6.54 Å². The first kappa shape index (κ1) is 13.9. The molecule has 1 aliphatic rings. The Hall–Kier alpha value is -1.49. The van der Waals surface area contributed by atoms with Gasteiger partial charge in [0.15, 0.2) is 0 Å². The highest BCUT2D eigenvalue weighted by Crippen LogP contribution is 2.29. The van der Waals surface area contributed by atoms with Gasteiger partial charge in [0.1, 0.15) is 0 Å². The molecule has 1 amide bonds. The highest BCUT2D eigenvalue weighted by atomic mass is 16.1. The van der Waals surface area contributed by atoms with Crippen molar-refractivity contribution in [1.82, 2.24) is 15.5 Å². The van der Waals surface area contributed by atoms with E-state index in [4.69, 9.17) is 5.73 Å². The number of amides is 1. The summed E-state index contributed by atoms with van der Waals surface area (Å²) in [5.74, 6) is -0.0674. The predicted molar refractivity (Wildman–Crippen MR) is 73.9 cm³/mol. The third-order valence-corrected chi connectivity index (χ3v) is 3.90. The summed E-state index contributed by atoms with van der Waals surface area (Å²) in [6.07, 6.45) is 4.89. The molecule has 104 valence electrons. The summed E-state index contributed by atoms with van der Waals surface area (Å²) in [6, 6.07) is 1.81. The van der Waals surface area contributed by atoms with Gasteiger partial charge in [-0.05, 0) is 32.3 Å². The minimum Gasteiger partial charge on any atom is -0.345 e. The molecule has 1 aliphatic carbocycles. The van der Waals surface area contributed by atoms with Gasteiger partial charge in [-0.2, -0.15) is 10.2 Å². The topological polar surface area (TPSA) is 80.9 Å². The van der Waals surface area contributed by atoms with Crippen LogP contribution >= 0.6 is 0 Å². The summed E-state index contributed by atoms with van der Waals surface area (Å²) in [5.41, 5.74) is 7.77. The highest BCUT2D eigenvalue weighted by Gasteiger charge is 2.34. The Morgan fingerprint density at radius 2 is 2.11 bits per heavy atom. The molecule has 0 aliphatic heterocycles. The van der Waals surface area contributed by atoms with Crippen molar-refractivity contribution in [2.45, 2.75) is 51.5 Å². The quantitative estimate of drug-likeness (QED) is 0.858. The number of aromatic nitrogens is 2. The molecule has 2 rings (SSSR count). The van der Waals surface area contributed by atoms with Gasteiger partial charge in [0.25, 0.3) is 5.91 Å². The zero-order valence-corrected chi connectivity index (χ0v) is 11.7. The fourth-order valence-corrected chi connectivity index (χ4v) is 2.71. The van der Waals surface area contributed by atoms with Gasteiger partial charge in [-0.25, -0.2) is 0 Å². The van der Waals surface area contributed by atoms with Gasteiger partial charge >= 0.3 is 0 Å². The lowest BCUT2D eigenvalue weighted by molar-refractivity contribution is 0.0901. The number of aryl methyl sites for hydroxylation is 2. The molecule has 1 aromatic heterocycles. The number of nitrogens with zero attached hydrogens (tertiary/aromatic N) is 2. The molecule has 1 heterocycles. The van der Waals surface area contributed by atoms with Crippen LogP contribution in [0.3, 0.4) is 0 Å². The van der Waals surface area contributed by atoms with Crippen molar-refractivity contribution in [3.8, 4) is 0 Å². The molecule has 1 saturated carbocycles. The van der Waals surface area contributed by atoms with E-state index in [9.17, 15) is 4.79 Å². The number of hydrogen-bond donors (Lipinski definition) is 2. The number of nitrogens with one attached hydrogen (secondary N) is 1. The average Bonchev–Trinajstić information content (AvgIpc) is 2.87. The van der Waals surface area contributed by atoms with E-state index in [0.717, 1.165) is 37.1 Å². The smallest absolute Gasteiger partial charge is 0.253 e. The lowest BCUT2D eigenvalue weighted by Crippen LogP contribution is -2.51. The third kappa shape index (κ3) is 2.92. The monoisotopic (exact) mass is 262 g/mol. The standard InChI is InChI=1S/C14H22N4O/c1-3-12-11(8-10(2)17-18-12)13(19)16-14(9-15)6-4-5-7-14/h8H,3-7,9,15H2,1-2H3,(H,16,19). The average molecular weight is 262 g/mol. The molecular formula is C14H22N4O. The first-order valence-corrected chi connectivity index (χ1v) is 6.96. The number of nitrogens with two attached hydrogens (primary N) is 1. The van der Waals surface area contributed by atoms with Gasteiger partial charge in [0.2, 0.25) is 0 Å². The van der Waals surface area contributed by atoms with Crippen LogP contribution in [0.2, 0.25) is 0 Å². The highest BCUT2D eigenvalue weighted by molar-refractivity contribution is 5.95. The minimum atomic E-state index is -0.223. The number of carbonyl (C=O) groups excluding carboxylic acids is 1. The largest absolute Gasteiger partial charge is 0.345 e. The summed E-state index contributed by atoms with van der Waals surface area (Å²) < 4.78 is 0. The Morgan fingerprint density at radius 3 is 2.68 bits per heavy atom. The van der Waals surface area contributed by atoms with Crippen LogP contribution in [0.25, 0.3) is 0 Å². The van der Waals surface area contributed by atoms with Crippen LogP contribution in [-0.4, -0.2) is 28.2 Å². The van der Waals surface area contributed by atoms with E-state index in [-0.39, 0.29) is 11.4 Å². The van der Waals surface area contributed by atoms with Gasteiger partial charge in [0, 0.05) is 6.54 Å². The van der Waals surface area contributed by atoms with Gasteiger partial charge in [-0.1, -0.05) is 19.8 Å². The summed E-state index contributed by atoms with van der Waals surface area (Å²) in [4.78, 5) is 12.5. The molecule has 0 bridgehead atoms. The molecule has 0 saturated heterocycles. The van der Waals surface area contributed by atoms with Gasteiger partial charge in [-0.3, -0.25) is 4.79 Å². The van der Waals surface area contributed by atoms with Crippen molar-refractivity contribution in [3.05, 3.63) is 23.0 Å². The summed E-state index contributed by atoms with van der Waals surface area (Å²) in [6.45, 7) is 4.32. The van der Waals surface area contributed by atoms with Gasteiger partial charge in [0.05, 0.1) is 22.5 Å². The molecule has 0 radical (unpaired) electrons. The first-order chi connectivity index (χ1) is 9.10. The maximum Gasteiger partial charge on any atom is 0.253 e. The lowest BCUT2D eigenvalue weighted by Gasteiger charge is -2.29. The Balaban J connectivity index is 2.22. The van der Waals surface area contributed by atoms with E-state index in [1.54, 1.807) is 6.07 Å². The molecule has 1 aromatic rings. The van der Waals surface area contributed by atoms with E-state index >= 15 is 0 Å². The Kier molecular flexibility index (Phi) is 4.14. The molecule has 0 spiro atoms. The fraction of sp³-hybridized carbons (Fsp3) is 0.643. The van der Waals surface area contributed by atoms with E-state index in [1.807, 2.05) is 13.8 Å². The summed E-state index contributed by atoms with van der Waals surface area (Å²) >= 11 is 0. The van der Waals surface area contributed by atoms with E-state index in [0.29, 0.717) is 18.5 Å². The van der Waals surface area contributed by atoms with E-state index in [1.165, 1.54) is 0 Å². The number of rotatable bonds is 4. The molecule has 5 nitrogen and oxygen atoms in total. The predicted octanol–water partition coefficient (Wildman–Crippen LogP) is 1.35. The molecule has 5 heteroatoms. The van der Waals surface area contributed by atoms with E-state index in [2.05, 4.69) is 15.5 Å². The van der Waals surface area contributed by atoms with Gasteiger partial charge in [-0.15, -0.1) is 0 Å². The van der Waals surface area contributed by atoms with E-state index < -0.39 is 0 Å². The SMILES string of the molecule is CCc1nnc(C)cc1C(=O)NC1(CN)CCCC1. The van der Waals surface area contributed by atoms with Crippen LogP contribution in [0.5, 0.6) is 0 Å². The van der Waals surface area contributed by atoms with Crippen molar-refractivity contribution in [1.29, 1.82) is 0 Å². The Labute approximate surface area is 114 Å². The summed E-state index contributed by atoms with van der Waals surface area (Å²) in [5, 5.41) is 11.2. The minimum absolute atomic E-state index is 0.0674. The molecule has 1 fully saturated rings. The first-order valence-electron chi connectivity index (χ1n) is 6.96. The van der Waals surface area contributed by atoms with Crippen LogP contribution in [0.15, 0.2) is 6.07 Å². The van der Waals surface area contributed by atoms with Crippen molar-refractivity contribution in [2.24, 2.45) is 5.73 Å². The van der Waals surface area contributed by atoms with Crippen LogP contribution in [-0.2, 0) is 6.42 Å². The van der Waals surface area contributed by atoms with Gasteiger partial charge < -0.3 is 11.1 Å². The third-order valence-electron chi connectivity index (χ3n) is 3.90. The molecule has 0 unspecified atom stereocenters. The van der Waals surface area contributed by atoms with Crippen molar-refractivity contribution >= 4 is 5.91 Å². The zero-order valence-electron chi connectivity index (χ0n) is 11.7. The second-order valence-electron chi connectivity index (χ2n) is 5.35. The second kappa shape index (κ2) is 5.65. The maximum absolute atomic E-state index is 12.5. The van der Waals surface area contributed by atoms with Crippen LogP contribution < -0.4 is 11.1 Å².